The Morgan fingerprint density at radius 3 is 1.49 bits per heavy atom. The first-order valence-corrected chi connectivity index (χ1v) is 19.1. The van der Waals surface area contributed by atoms with Crippen molar-refractivity contribution in [2.45, 2.75) is 0 Å². The van der Waals surface area contributed by atoms with Crippen molar-refractivity contribution in [3.05, 3.63) is 194 Å². The maximum atomic E-state index is 6.69. The van der Waals surface area contributed by atoms with Crippen LogP contribution in [0.25, 0.3) is 111 Å². The number of hydrogen-bond donors (Lipinski definition) is 0. The molecular formula is C52H32N4O. The predicted molar refractivity (Wildman–Crippen MR) is 233 cm³/mol. The van der Waals surface area contributed by atoms with E-state index in [0.29, 0.717) is 17.5 Å². The van der Waals surface area contributed by atoms with Crippen LogP contribution < -0.4 is 0 Å². The fraction of sp³-hybridized carbons (Fsp3) is 0. The summed E-state index contributed by atoms with van der Waals surface area (Å²) in [5.41, 5.74) is 11.7. The van der Waals surface area contributed by atoms with E-state index in [0.717, 1.165) is 88.3 Å². The molecule has 266 valence electrons. The number of para-hydroxylation sites is 2. The lowest BCUT2D eigenvalue weighted by Crippen LogP contribution is -2.00. The summed E-state index contributed by atoms with van der Waals surface area (Å²) < 4.78 is 6.69. The molecule has 0 aliphatic rings. The van der Waals surface area contributed by atoms with Gasteiger partial charge in [-0.15, -0.1) is 0 Å². The molecule has 0 unspecified atom stereocenters. The van der Waals surface area contributed by atoms with Crippen LogP contribution in [0.2, 0.25) is 0 Å². The lowest BCUT2D eigenvalue weighted by atomic mass is 9.89. The molecule has 5 nitrogen and oxygen atoms in total. The molecule has 0 spiro atoms. The minimum atomic E-state index is 0.601. The van der Waals surface area contributed by atoms with E-state index in [1.807, 2.05) is 78.9 Å². The van der Waals surface area contributed by atoms with E-state index in [4.69, 9.17) is 24.4 Å². The Kier molecular flexibility index (Phi) is 7.74. The molecule has 0 N–H and O–H groups in total. The van der Waals surface area contributed by atoms with Crippen molar-refractivity contribution in [2.75, 3.05) is 0 Å². The summed E-state index contributed by atoms with van der Waals surface area (Å²) >= 11 is 0. The summed E-state index contributed by atoms with van der Waals surface area (Å²) in [6.07, 6.45) is 0. The summed E-state index contributed by atoms with van der Waals surface area (Å²) in [6.45, 7) is 0. The second kappa shape index (κ2) is 13.5. The molecule has 0 saturated heterocycles. The molecule has 0 bridgehead atoms. The highest BCUT2D eigenvalue weighted by Gasteiger charge is 2.22. The number of nitrogens with zero attached hydrogens (tertiary/aromatic N) is 4. The zero-order valence-electron chi connectivity index (χ0n) is 30.7. The standard InChI is InChI=1S/C52H32N4O/c1-4-15-33(16-5-1)34-27-29-35(30-28-34)49-42-32-45-48(41-24-11-13-26-44(41)57-45)46(47(42)40-23-10-12-25-43(40)53-49)38-21-14-22-39(31-38)52-55-50(36-17-6-2-7-18-36)54-51(56-52)37-19-8-3-9-20-37/h1-32H. The van der Waals surface area contributed by atoms with Gasteiger partial charge in [0.05, 0.1) is 11.2 Å². The number of fused-ring (bicyclic) bond motifs is 6. The van der Waals surface area contributed by atoms with Gasteiger partial charge in [-0.2, -0.15) is 0 Å². The van der Waals surface area contributed by atoms with Crippen LogP contribution in [0.3, 0.4) is 0 Å². The van der Waals surface area contributed by atoms with Crippen LogP contribution in [0.1, 0.15) is 0 Å². The minimum Gasteiger partial charge on any atom is -0.456 e. The molecule has 0 fully saturated rings. The van der Waals surface area contributed by atoms with Gasteiger partial charge in [-0.3, -0.25) is 0 Å². The smallest absolute Gasteiger partial charge is 0.164 e. The van der Waals surface area contributed by atoms with Gasteiger partial charge >= 0.3 is 0 Å². The van der Waals surface area contributed by atoms with Gasteiger partial charge in [0, 0.05) is 54.7 Å². The number of pyridine rings is 1. The fourth-order valence-corrected chi connectivity index (χ4v) is 8.03. The Bertz CT molecular complexity index is 3210. The van der Waals surface area contributed by atoms with Crippen molar-refractivity contribution >= 4 is 43.6 Å². The van der Waals surface area contributed by atoms with E-state index in [9.17, 15) is 0 Å². The van der Waals surface area contributed by atoms with Crippen molar-refractivity contribution in [3.8, 4) is 67.7 Å². The second-order valence-electron chi connectivity index (χ2n) is 14.2. The highest BCUT2D eigenvalue weighted by molar-refractivity contribution is 6.27. The third kappa shape index (κ3) is 5.72. The van der Waals surface area contributed by atoms with E-state index in [-0.39, 0.29) is 0 Å². The van der Waals surface area contributed by atoms with E-state index >= 15 is 0 Å². The number of furan rings is 1. The predicted octanol–water partition coefficient (Wildman–Crippen LogP) is 13.5. The molecule has 3 heterocycles. The van der Waals surface area contributed by atoms with Crippen LogP contribution in [0.5, 0.6) is 0 Å². The number of rotatable bonds is 6. The lowest BCUT2D eigenvalue weighted by molar-refractivity contribution is 0.669. The molecule has 0 atom stereocenters. The molecule has 0 amide bonds. The van der Waals surface area contributed by atoms with Gasteiger partial charge in [-0.25, -0.2) is 19.9 Å². The first-order chi connectivity index (χ1) is 28.2. The Balaban J connectivity index is 1.18. The summed E-state index contributed by atoms with van der Waals surface area (Å²) in [7, 11) is 0. The molecule has 0 aliphatic heterocycles. The van der Waals surface area contributed by atoms with Gasteiger partial charge in [-0.05, 0) is 41.0 Å². The van der Waals surface area contributed by atoms with Crippen LogP contribution in [0, 0.1) is 0 Å². The monoisotopic (exact) mass is 728 g/mol. The number of aromatic nitrogens is 4. The zero-order valence-corrected chi connectivity index (χ0v) is 30.7. The van der Waals surface area contributed by atoms with E-state index in [1.54, 1.807) is 0 Å². The Morgan fingerprint density at radius 2 is 0.807 bits per heavy atom. The first kappa shape index (κ1) is 32.7. The van der Waals surface area contributed by atoms with E-state index in [2.05, 4.69) is 115 Å². The largest absolute Gasteiger partial charge is 0.456 e. The van der Waals surface area contributed by atoms with E-state index in [1.165, 1.54) is 5.56 Å². The van der Waals surface area contributed by atoms with Crippen molar-refractivity contribution < 1.29 is 4.42 Å². The average molecular weight is 729 g/mol. The molecular weight excluding hydrogens is 697 g/mol. The minimum absolute atomic E-state index is 0.601. The first-order valence-electron chi connectivity index (χ1n) is 19.1. The average Bonchev–Trinajstić information content (AvgIpc) is 3.67. The van der Waals surface area contributed by atoms with Gasteiger partial charge in [0.15, 0.2) is 17.5 Å². The van der Waals surface area contributed by atoms with Crippen LogP contribution in [-0.4, -0.2) is 19.9 Å². The maximum absolute atomic E-state index is 6.69. The third-order valence-electron chi connectivity index (χ3n) is 10.7. The van der Waals surface area contributed by atoms with Crippen molar-refractivity contribution in [2.24, 2.45) is 0 Å². The molecule has 11 aromatic rings. The van der Waals surface area contributed by atoms with Crippen molar-refractivity contribution in [1.29, 1.82) is 0 Å². The zero-order chi connectivity index (χ0) is 37.7. The molecule has 11 rings (SSSR count). The molecule has 8 aromatic carbocycles. The molecule has 3 aromatic heterocycles. The summed E-state index contributed by atoms with van der Waals surface area (Å²) in [5, 5.41) is 5.32. The molecule has 5 heteroatoms. The fourth-order valence-electron chi connectivity index (χ4n) is 8.03. The molecule has 0 radical (unpaired) electrons. The van der Waals surface area contributed by atoms with Gasteiger partial charge in [0.2, 0.25) is 0 Å². The van der Waals surface area contributed by atoms with Gasteiger partial charge in [0.1, 0.15) is 11.2 Å². The topological polar surface area (TPSA) is 64.7 Å². The SMILES string of the molecule is c1ccc(-c2ccc(-c3nc4ccccc4c4c(-c5cccc(-c6nc(-c7ccccc7)nc(-c7ccccc7)n6)c5)c5c(cc34)oc3ccccc35)cc2)cc1. The molecule has 0 aliphatic carbocycles. The molecule has 0 saturated carbocycles. The van der Waals surface area contributed by atoms with Crippen LogP contribution in [0.4, 0.5) is 0 Å². The van der Waals surface area contributed by atoms with Crippen molar-refractivity contribution in [1.82, 2.24) is 19.9 Å². The number of hydrogen-bond acceptors (Lipinski definition) is 5. The quantitative estimate of drug-likeness (QED) is 0.160. The highest BCUT2D eigenvalue weighted by Crippen LogP contribution is 2.47. The Morgan fingerprint density at radius 1 is 0.298 bits per heavy atom. The highest BCUT2D eigenvalue weighted by atomic mass is 16.3. The summed E-state index contributed by atoms with van der Waals surface area (Å²) in [4.78, 5) is 20.4. The van der Waals surface area contributed by atoms with E-state index < -0.39 is 0 Å². The lowest BCUT2D eigenvalue weighted by Gasteiger charge is -2.16. The van der Waals surface area contributed by atoms with Gasteiger partial charge in [0.25, 0.3) is 0 Å². The number of benzene rings is 8. The third-order valence-corrected chi connectivity index (χ3v) is 10.7. The van der Waals surface area contributed by atoms with Gasteiger partial charge in [-0.1, -0.05) is 170 Å². The van der Waals surface area contributed by atoms with Gasteiger partial charge < -0.3 is 4.42 Å². The Hall–Kier alpha value is -7.76. The summed E-state index contributed by atoms with van der Waals surface area (Å²) in [5.74, 6) is 1.85. The summed E-state index contributed by atoms with van der Waals surface area (Å²) in [6, 6.07) is 66.8. The van der Waals surface area contributed by atoms with Crippen LogP contribution >= 0.6 is 0 Å². The molecule has 57 heavy (non-hydrogen) atoms. The second-order valence-corrected chi connectivity index (χ2v) is 14.2. The maximum Gasteiger partial charge on any atom is 0.164 e. The van der Waals surface area contributed by atoms with Crippen LogP contribution in [-0.2, 0) is 0 Å². The van der Waals surface area contributed by atoms with Crippen LogP contribution in [0.15, 0.2) is 199 Å². The Labute approximate surface area is 328 Å². The normalized spacial score (nSPS) is 11.5. The van der Waals surface area contributed by atoms with Crippen molar-refractivity contribution in [3.63, 3.8) is 0 Å².